The lowest BCUT2D eigenvalue weighted by atomic mass is 9.90. The maximum atomic E-state index is 3.94. The molecule has 1 nitrogen and oxygen atoms in total. The third-order valence-electron chi connectivity index (χ3n) is 4.50. The lowest BCUT2D eigenvalue weighted by molar-refractivity contribution is 0.177. The quantitative estimate of drug-likeness (QED) is 0.805. The van der Waals surface area contributed by atoms with Gasteiger partial charge in [0.2, 0.25) is 0 Å². The average Bonchev–Trinajstić information content (AvgIpc) is 2.53. The minimum Gasteiger partial charge on any atom is -0.299 e. The minimum absolute atomic E-state index is 0.853. The SMILES string of the molecule is [CH2]c1ccc(CN2CCC(Cc3ccccc3)CC2)cc1. The third-order valence-corrected chi connectivity index (χ3v) is 4.50. The molecule has 0 spiro atoms. The van der Waals surface area contributed by atoms with E-state index in [1.807, 2.05) is 0 Å². The second kappa shape index (κ2) is 6.91. The number of likely N-dealkylation sites (tertiary alicyclic amines) is 1. The molecular weight excluding hydrogens is 254 g/mol. The van der Waals surface area contributed by atoms with E-state index < -0.39 is 0 Å². The van der Waals surface area contributed by atoms with Crippen molar-refractivity contribution in [3.8, 4) is 0 Å². The van der Waals surface area contributed by atoms with E-state index in [0.717, 1.165) is 18.0 Å². The van der Waals surface area contributed by atoms with E-state index in [1.54, 1.807) is 0 Å². The Hall–Kier alpha value is -1.60. The molecule has 2 aromatic carbocycles. The molecule has 0 amide bonds. The minimum atomic E-state index is 0.853. The summed E-state index contributed by atoms with van der Waals surface area (Å²) in [5, 5.41) is 0. The molecule has 0 unspecified atom stereocenters. The van der Waals surface area contributed by atoms with Crippen LogP contribution in [0.25, 0.3) is 0 Å². The second-order valence-electron chi connectivity index (χ2n) is 6.23. The molecule has 21 heavy (non-hydrogen) atoms. The highest BCUT2D eigenvalue weighted by atomic mass is 15.1. The topological polar surface area (TPSA) is 3.24 Å². The van der Waals surface area contributed by atoms with Gasteiger partial charge in [0, 0.05) is 6.54 Å². The van der Waals surface area contributed by atoms with Crippen molar-refractivity contribution in [3.05, 3.63) is 78.2 Å². The molecule has 3 rings (SSSR count). The van der Waals surface area contributed by atoms with Crippen molar-refractivity contribution >= 4 is 0 Å². The Labute approximate surface area is 128 Å². The first-order valence-corrected chi connectivity index (χ1v) is 7.97. The Bertz CT molecular complexity index is 536. The maximum Gasteiger partial charge on any atom is 0.0233 e. The largest absolute Gasteiger partial charge is 0.299 e. The van der Waals surface area contributed by atoms with Crippen molar-refractivity contribution in [3.63, 3.8) is 0 Å². The molecule has 1 fully saturated rings. The monoisotopic (exact) mass is 278 g/mol. The zero-order valence-corrected chi connectivity index (χ0v) is 12.7. The average molecular weight is 278 g/mol. The molecule has 0 N–H and O–H groups in total. The van der Waals surface area contributed by atoms with E-state index in [4.69, 9.17) is 0 Å². The number of hydrogen-bond donors (Lipinski definition) is 0. The number of hydrogen-bond acceptors (Lipinski definition) is 1. The standard InChI is InChI=1S/C20H24N/c1-17-7-9-20(10-8-17)16-21-13-11-19(12-14-21)15-18-5-3-2-4-6-18/h2-10,19H,1,11-16H2. The summed E-state index contributed by atoms with van der Waals surface area (Å²) in [6.07, 6.45) is 3.88. The van der Waals surface area contributed by atoms with Crippen LogP contribution in [-0.4, -0.2) is 18.0 Å². The fourth-order valence-electron chi connectivity index (χ4n) is 3.20. The van der Waals surface area contributed by atoms with Gasteiger partial charge in [-0.25, -0.2) is 0 Å². The summed E-state index contributed by atoms with van der Waals surface area (Å²) in [6.45, 7) is 7.48. The number of piperidine rings is 1. The summed E-state index contributed by atoms with van der Waals surface area (Å²) in [7, 11) is 0. The van der Waals surface area contributed by atoms with Crippen molar-refractivity contribution in [2.24, 2.45) is 5.92 Å². The van der Waals surface area contributed by atoms with Gasteiger partial charge in [-0.2, -0.15) is 0 Å². The third kappa shape index (κ3) is 4.18. The van der Waals surface area contributed by atoms with Crippen LogP contribution < -0.4 is 0 Å². The molecular formula is C20H24N. The molecule has 0 saturated carbocycles. The Morgan fingerprint density at radius 2 is 1.52 bits per heavy atom. The maximum absolute atomic E-state index is 3.94. The fourth-order valence-corrected chi connectivity index (χ4v) is 3.20. The van der Waals surface area contributed by atoms with Crippen molar-refractivity contribution in [2.45, 2.75) is 25.8 Å². The first-order valence-electron chi connectivity index (χ1n) is 7.97. The molecule has 1 saturated heterocycles. The second-order valence-corrected chi connectivity index (χ2v) is 6.23. The van der Waals surface area contributed by atoms with Gasteiger partial charge in [-0.15, -0.1) is 0 Å². The molecule has 0 atom stereocenters. The predicted octanol–water partition coefficient (Wildman–Crippen LogP) is 4.32. The fraction of sp³-hybridized carbons (Fsp3) is 0.350. The van der Waals surface area contributed by atoms with Gasteiger partial charge in [-0.1, -0.05) is 54.6 Å². The van der Waals surface area contributed by atoms with E-state index >= 15 is 0 Å². The van der Waals surface area contributed by atoms with Crippen LogP contribution in [0.4, 0.5) is 0 Å². The van der Waals surface area contributed by atoms with E-state index in [0.29, 0.717) is 0 Å². The Kier molecular flexibility index (Phi) is 4.72. The van der Waals surface area contributed by atoms with Gasteiger partial charge in [0.05, 0.1) is 0 Å². The zero-order chi connectivity index (χ0) is 14.5. The van der Waals surface area contributed by atoms with Crippen molar-refractivity contribution in [1.82, 2.24) is 4.90 Å². The van der Waals surface area contributed by atoms with Crippen LogP contribution >= 0.6 is 0 Å². The van der Waals surface area contributed by atoms with E-state index in [9.17, 15) is 0 Å². The molecule has 2 aromatic rings. The van der Waals surface area contributed by atoms with Crippen LogP contribution in [0.1, 0.15) is 29.5 Å². The van der Waals surface area contributed by atoms with Gasteiger partial charge in [0.15, 0.2) is 0 Å². The van der Waals surface area contributed by atoms with Crippen molar-refractivity contribution in [1.29, 1.82) is 0 Å². The van der Waals surface area contributed by atoms with Gasteiger partial charge in [0.1, 0.15) is 0 Å². The highest BCUT2D eigenvalue weighted by Crippen LogP contribution is 2.22. The highest BCUT2D eigenvalue weighted by Gasteiger charge is 2.19. The molecule has 0 aromatic heterocycles. The molecule has 1 radical (unpaired) electrons. The van der Waals surface area contributed by atoms with Crippen molar-refractivity contribution < 1.29 is 0 Å². The van der Waals surface area contributed by atoms with E-state index in [2.05, 4.69) is 66.4 Å². The summed E-state index contributed by atoms with van der Waals surface area (Å²) in [4.78, 5) is 2.58. The van der Waals surface area contributed by atoms with Gasteiger partial charge >= 0.3 is 0 Å². The summed E-state index contributed by atoms with van der Waals surface area (Å²) in [5.74, 6) is 0.853. The molecule has 1 heterocycles. The summed E-state index contributed by atoms with van der Waals surface area (Å²) in [5.41, 5.74) is 3.99. The molecule has 0 bridgehead atoms. The Balaban J connectivity index is 1.47. The lowest BCUT2D eigenvalue weighted by Crippen LogP contribution is -2.33. The van der Waals surface area contributed by atoms with Gasteiger partial charge < -0.3 is 0 Å². The Morgan fingerprint density at radius 1 is 0.857 bits per heavy atom. The number of nitrogens with zero attached hydrogens (tertiary/aromatic N) is 1. The lowest BCUT2D eigenvalue weighted by Gasteiger charge is -2.32. The highest BCUT2D eigenvalue weighted by molar-refractivity contribution is 5.24. The predicted molar refractivity (Wildman–Crippen MR) is 89.0 cm³/mol. The van der Waals surface area contributed by atoms with Crippen LogP contribution in [0.2, 0.25) is 0 Å². The Morgan fingerprint density at radius 3 is 2.19 bits per heavy atom. The summed E-state index contributed by atoms with van der Waals surface area (Å²) >= 11 is 0. The van der Waals surface area contributed by atoms with Gasteiger partial charge in [0.25, 0.3) is 0 Å². The molecule has 1 aliphatic rings. The van der Waals surface area contributed by atoms with Gasteiger partial charge in [-0.3, -0.25) is 4.90 Å². The van der Waals surface area contributed by atoms with Crippen LogP contribution in [0.3, 0.4) is 0 Å². The van der Waals surface area contributed by atoms with E-state index in [1.165, 1.54) is 43.5 Å². The van der Waals surface area contributed by atoms with Crippen molar-refractivity contribution in [2.75, 3.05) is 13.1 Å². The van der Waals surface area contributed by atoms with Crippen LogP contribution in [0.15, 0.2) is 54.6 Å². The summed E-state index contributed by atoms with van der Waals surface area (Å²) < 4.78 is 0. The molecule has 109 valence electrons. The summed E-state index contributed by atoms with van der Waals surface area (Å²) in [6, 6.07) is 19.5. The smallest absolute Gasteiger partial charge is 0.0233 e. The normalized spacial score (nSPS) is 17.0. The molecule has 0 aliphatic carbocycles. The van der Waals surface area contributed by atoms with Crippen LogP contribution in [0, 0.1) is 12.8 Å². The van der Waals surface area contributed by atoms with E-state index in [-0.39, 0.29) is 0 Å². The number of benzene rings is 2. The molecule has 1 heteroatoms. The molecule has 1 aliphatic heterocycles. The van der Waals surface area contributed by atoms with Crippen LogP contribution in [0.5, 0.6) is 0 Å². The number of rotatable bonds is 4. The zero-order valence-electron chi connectivity index (χ0n) is 12.7. The first kappa shape index (κ1) is 14.3. The van der Waals surface area contributed by atoms with Gasteiger partial charge in [-0.05, 0) is 61.9 Å². The van der Waals surface area contributed by atoms with Crippen LogP contribution in [-0.2, 0) is 13.0 Å². The first-order chi connectivity index (χ1) is 10.3.